The minimum absolute atomic E-state index is 0.0380. The molecule has 0 aliphatic carbocycles. The van der Waals surface area contributed by atoms with E-state index in [0.717, 1.165) is 0 Å². The van der Waals surface area contributed by atoms with Gasteiger partial charge in [-0.1, -0.05) is 18.2 Å². The Balaban J connectivity index is 2.23. The average Bonchev–Trinajstić information content (AvgIpc) is 2.97. The number of likely N-dealkylation sites (N-methyl/N-ethyl adjacent to an activating group) is 1. The fourth-order valence-electron chi connectivity index (χ4n) is 5.56. The molecular weight excluding hydrogens is 700 g/mol. The zero-order valence-electron chi connectivity index (χ0n) is 27.8. The summed E-state index contributed by atoms with van der Waals surface area (Å²) in [4.78, 5) is 46.9. The summed E-state index contributed by atoms with van der Waals surface area (Å²) in [5.41, 5.74) is 0.599. The molecule has 0 fully saturated rings. The van der Waals surface area contributed by atoms with Crippen LogP contribution in [0.25, 0.3) is 32.3 Å². The van der Waals surface area contributed by atoms with Crippen molar-refractivity contribution in [2.45, 2.75) is 9.79 Å². The number of carboxylic acids is 4. The van der Waals surface area contributed by atoms with Crippen molar-refractivity contribution in [3.63, 3.8) is 0 Å². The molecule has 0 atom stereocenters. The minimum Gasteiger partial charge on any atom is -0.487 e. The molecule has 0 spiro atoms. The van der Waals surface area contributed by atoms with E-state index in [9.17, 15) is 56.4 Å². The van der Waals surface area contributed by atoms with Gasteiger partial charge in [0.2, 0.25) is 20.0 Å². The van der Waals surface area contributed by atoms with Gasteiger partial charge in [-0.2, -0.15) is 8.61 Å². The quantitative estimate of drug-likeness (QED) is 0.0876. The van der Waals surface area contributed by atoms with E-state index in [-0.39, 0.29) is 31.4 Å². The zero-order chi connectivity index (χ0) is 37.5. The van der Waals surface area contributed by atoms with Gasteiger partial charge in [0, 0.05) is 58.2 Å². The van der Waals surface area contributed by atoms with Gasteiger partial charge in [0.1, 0.15) is 45.1 Å². The van der Waals surface area contributed by atoms with Crippen LogP contribution >= 0.6 is 0 Å². The lowest BCUT2D eigenvalue weighted by atomic mass is 9.92. The molecule has 4 N–H and O–H groups in total. The van der Waals surface area contributed by atoms with Gasteiger partial charge in [0.25, 0.3) is 0 Å². The number of hydrogen-bond donors (Lipinski definition) is 4. The van der Waals surface area contributed by atoms with E-state index in [0.29, 0.717) is 44.7 Å². The van der Waals surface area contributed by atoms with Crippen molar-refractivity contribution >= 4 is 81.9 Å². The maximum Gasteiger partial charge on any atom is 0.318 e. The number of rotatable bonds is 17. The van der Waals surface area contributed by atoms with Gasteiger partial charge in [-0.25, -0.2) is 16.8 Å². The number of carboxylic acid groups (broad SMARTS) is 4. The first-order valence-electron chi connectivity index (χ1n) is 14.8. The van der Waals surface area contributed by atoms with E-state index in [1.807, 2.05) is 21.1 Å². The summed E-state index contributed by atoms with van der Waals surface area (Å²) in [6, 6.07) is 8.33. The highest BCUT2D eigenvalue weighted by atomic mass is 32.2. The molecule has 19 heteroatoms. The Hall–Kier alpha value is -4.82. The molecule has 4 aromatic carbocycles. The Morgan fingerprint density at radius 2 is 1.02 bits per heavy atom. The molecule has 17 nitrogen and oxygen atoms in total. The van der Waals surface area contributed by atoms with Crippen molar-refractivity contribution in [3.05, 3.63) is 36.4 Å². The first-order chi connectivity index (χ1) is 23.1. The number of carbonyl (C=O) groups is 4. The number of ether oxygens (including phenoxy) is 1. The average molecular weight is 738 g/mol. The zero-order valence-corrected chi connectivity index (χ0v) is 29.4. The predicted molar refractivity (Wildman–Crippen MR) is 181 cm³/mol. The molecule has 4 aromatic rings. The molecule has 0 saturated carbocycles. The van der Waals surface area contributed by atoms with Crippen molar-refractivity contribution in [2.24, 2.45) is 0 Å². The number of quaternary nitrogens is 1. The highest BCUT2D eigenvalue weighted by Gasteiger charge is 2.36. The molecule has 0 unspecified atom stereocenters. The lowest BCUT2D eigenvalue weighted by molar-refractivity contribution is -0.870. The van der Waals surface area contributed by atoms with Gasteiger partial charge in [0.05, 0.1) is 30.9 Å². The second kappa shape index (κ2) is 13.8. The van der Waals surface area contributed by atoms with Gasteiger partial charge in [-0.15, -0.1) is 0 Å². The van der Waals surface area contributed by atoms with E-state index >= 15 is 0 Å². The van der Waals surface area contributed by atoms with Crippen LogP contribution in [0.4, 0.5) is 5.69 Å². The third kappa shape index (κ3) is 7.65. The van der Waals surface area contributed by atoms with Crippen molar-refractivity contribution in [2.75, 3.05) is 79.5 Å². The Morgan fingerprint density at radius 1 is 0.640 bits per heavy atom. The van der Waals surface area contributed by atoms with E-state index < -0.39 is 79.9 Å². The number of aliphatic carboxylic acids is 4. The molecule has 50 heavy (non-hydrogen) atoms. The van der Waals surface area contributed by atoms with E-state index in [2.05, 4.69) is 0 Å². The van der Waals surface area contributed by atoms with Gasteiger partial charge in [-0.05, 0) is 12.1 Å². The predicted octanol–water partition coefficient (Wildman–Crippen LogP) is 1.05. The number of anilines is 1. The first-order valence-corrected chi connectivity index (χ1v) is 17.7. The lowest BCUT2D eigenvalue weighted by Gasteiger charge is -2.26. The minimum atomic E-state index is -5.13. The summed E-state index contributed by atoms with van der Waals surface area (Å²) in [6.07, 6.45) is 0. The van der Waals surface area contributed by atoms with Crippen LogP contribution in [0.1, 0.15) is 0 Å². The molecule has 0 bridgehead atoms. The summed E-state index contributed by atoms with van der Waals surface area (Å²) in [5, 5.41) is 39.0. The van der Waals surface area contributed by atoms with Crippen molar-refractivity contribution in [1.29, 1.82) is 0 Å². The maximum atomic E-state index is 14.2. The summed E-state index contributed by atoms with van der Waals surface area (Å²) >= 11 is 0. The highest BCUT2D eigenvalue weighted by Crippen LogP contribution is 2.46. The van der Waals surface area contributed by atoms with Gasteiger partial charge in [-0.3, -0.25) is 19.2 Å². The SMILES string of the molecule is CN(C)c1cc(OCC[N+](C)(C)C)c2ccc3c(S(=O)(=O)N(CC(=O)O)CC(=O)O)cc(S(=O)(=O)N(CC(=O)O)CC(=O)O)c4ccc1c2c34. The Labute approximate surface area is 287 Å². The monoisotopic (exact) mass is 737 g/mol. The number of sulfonamides is 2. The molecule has 0 amide bonds. The molecule has 0 aliphatic heterocycles. The largest absolute Gasteiger partial charge is 0.487 e. The number of benzene rings is 4. The molecule has 0 aliphatic rings. The van der Waals surface area contributed by atoms with Crippen LogP contribution in [0.3, 0.4) is 0 Å². The molecule has 0 aromatic heterocycles. The standard InChI is InChI=1S/C31H36N4O13S2/c1-32(2)22-12-23(48-11-10-35(3,4)5)19-7-9-21-25(50(46,47)34(16-28(40)41)17-29(42)43)13-24(20-8-6-18(22)30(19)31(20)21)49(44,45)33(14-26(36)37)15-27(38)39/h6-9,12-13H,10-11,14-17H2,1-5H3,(H3-,36,37,38,39,40,41,42,43)/p+1. The Bertz CT molecular complexity index is 2110. The van der Waals surface area contributed by atoms with Gasteiger partial charge in [0.15, 0.2) is 0 Å². The third-order valence-corrected chi connectivity index (χ3v) is 11.4. The fraction of sp³-hybridized carbons (Fsp3) is 0.355. The number of hydrogen-bond acceptors (Lipinski definition) is 10. The lowest BCUT2D eigenvalue weighted by Crippen LogP contribution is -2.40. The van der Waals surface area contributed by atoms with Gasteiger partial charge < -0.3 is 34.5 Å². The normalized spacial score (nSPS) is 12.7. The molecule has 0 saturated heterocycles. The Morgan fingerprint density at radius 3 is 1.40 bits per heavy atom. The molecule has 0 heterocycles. The van der Waals surface area contributed by atoms with Crippen molar-refractivity contribution in [1.82, 2.24) is 8.61 Å². The van der Waals surface area contributed by atoms with Crippen molar-refractivity contribution < 1.29 is 65.7 Å². The second-order valence-corrected chi connectivity index (χ2v) is 16.5. The molecular formula is C31H37N4O13S2+. The van der Waals surface area contributed by atoms with Crippen LogP contribution in [0, 0.1) is 0 Å². The van der Waals surface area contributed by atoms with Crippen LogP contribution in [-0.4, -0.2) is 149 Å². The van der Waals surface area contributed by atoms with Crippen LogP contribution in [-0.2, 0) is 39.2 Å². The third-order valence-electron chi connectivity index (χ3n) is 7.75. The second-order valence-electron chi connectivity index (χ2n) is 12.7. The molecule has 4 rings (SSSR count). The molecule has 0 radical (unpaired) electrons. The Kier molecular flexibility index (Phi) is 10.5. The topological polar surface area (TPSA) is 236 Å². The molecule has 270 valence electrons. The van der Waals surface area contributed by atoms with Crippen LogP contribution in [0.2, 0.25) is 0 Å². The van der Waals surface area contributed by atoms with E-state index in [1.54, 1.807) is 37.2 Å². The maximum absolute atomic E-state index is 14.2. The summed E-state index contributed by atoms with van der Waals surface area (Å²) in [7, 11) is -0.840. The van der Waals surface area contributed by atoms with Crippen molar-refractivity contribution in [3.8, 4) is 5.75 Å². The van der Waals surface area contributed by atoms with E-state index in [1.165, 1.54) is 12.1 Å². The number of nitrogens with zero attached hydrogens (tertiary/aromatic N) is 4. The summed E-state index contributed by atoms with van der Waals surface area (Å²) < 4.78 is 63.9. The van der Waals surface area contributed by atoms with Crippen LogP contribution in [0.5, 0.6) is 5.75 Å². The highest BCUT2D eigenvalue weighted by molar-refractivity contribution is 7.90. The fourth-order valence-corrected chi connectivity index (χ4v) is 8.74. The smallest absolute Gasteiger partial charge is 0.318 e. The van der Waals surface area contributed by atoms with Crippen LogP contribution < -0.4 is 9.64 Å². The summed E-state index contributed by atoms with van der Waals surface area (Å²) in [5.74, 6) is -6.40. The van der Waals surface area contributed by atoms with E-state index in [4.69, 9.17) is 4.74 Å². The van der Waals surface area contributed by atoms with Crippen LogP contribution in [0.15, 0.2) is 46.2 Å². The summed E-state index contributed by atoms with van der Waals surface area (Å²) in [6.45, 7) is -4.32. The van der Waals surface area contributed by atoms with Gasteiger partial charge >= 0.3 is 23.9 Å². The first kappa shape index (κ1) is 38.0.